The third kappa shape index (κ3) is 3.08. The number of hydrogen-bond donors (Lipinski definition) is 0. The second kappa shape index (κ2) is 4.80. The molecule has 3 heteroatoms. The summed E-state index contributed by atoms with van der Waals surface area (Å²) >= 11 is 0. The van der Waals surface area contributed by atoms with Crippen molar-refractivity contribution in [1.82, 2.24) is 4.90 Å². The molecule has 0 fully saturated rings. The highest BCUT2D eigenvalue weighted by Gasteiger charge is 2.04. The van der Waals surface area contributed by atoms with Crippen molar-refractivity contribution in [2.24, 2.45) is 0 Å². The molecule has 10 heavy (non-hydrogen) atoms. The van der Waals surface area contributed by atoms with Gasteiger partial charge in [0, 0.05) is 13.5 Å². The van der Waals surface area contributed by atoms with E-state index in [9.17, 15) is 4.79 Å². The predicted octanol–water partition coefficient (Wildman–Crippen LogP) is 1.12. The second-order valence-corrected chi connectivity index (χ2v) is 2.12. The molecule has 0 N–H and O–H groups in total. The van der Waals surface area contributed by atoms with Crippen LogP contribution in [0.4, 0.5) is 0 Å². The number of nitrogens with zero attached hydrogens (tertiary/aromatic N) is 2. The van der Waals surface area contributed by atoms with E-state index in [0.717, 1.165) is 12.8 Å². The molecule has 0 atom stereocenters. The van der Waals surface area contributed by atoms with E-state index in [-0.39, 0.29) is 5.91 Å². The van der Waals surface area contributed by atoms with Gasteiger partial charge in [0.1, 0.15) is 0 Å². The number of amides is 1. The van der Waals surface area contributed by atoms with Crippen molar-refractivity contribution in [3.05, 3.63) is 0 Å². The summed E-state index contributed by atoms with van der Waals surface area (Å²) in [4.78, 5) is 11.8. The van der Waals surface area contributed by atoms with Crippen LogP contribution in [-0.2, 0) is 4.79 Å². The van der Waals surface area contributed by atoms with Gasteiger partial charge in [0.25, 0.3) is 0 Å². The molecule has 0 aliphatic heterocycles. The van der Waals surface area contributed by atoms with Gasteiger partial charge in [-0.25, -0.2) is 4.90 Å². The minimum atomic E-state index is -0.170. The fraction of sp³-hybridized carbons (Fsp3) is 0.714. The van der Waals surface area contributed by atoms with Crippen LogP contribution in [-0.4, -0.2) is 17.4 Å². The highest BCUT2D eigenvalue weighted by atomic mass is 16.2. The quantitative estimate of drug-likeness (QED) is 0.435. The average Bonchev–Trinajstić information content (AvgIpc) is 1.89. The summed E-state index contributed by atoms with van der Waals surface area (Å²) in [5, 5.41) is 8.38. The molecule has 0 aliphatic carbocycles. The highest BCUT2D eigenvalue weighted by Crippen LogP contribution is 1.92. The first-order valence-corrected chi connectivity index (χ1v) is 3.40. The van der Waals surface area contributed by atoms with E-state index in [1.54, 1.807) is 0 Å². The summed E-state index contributed by atoms with van der Waals surface area (Å²) in [6.45, 7) is 3.98. The Labute approximate surface area is 61.2 Å². The molecular formula is C7H12N2O. The lowest BCUT2D eigenvalue weighted by Crippen LogP contribution is -2.23. The molecule has 1 amide bonds. The van der Waals surface area contributed by atoms with Crippen molar-refractivity contribution in [1.29, 1.82) is 5.26 Å². The van der Waals surface area contributed by atoms with Gasteiger partial charge in [-0.2, -0.15) is 5.26 Å². The number of carbonyl (C=O) groups excluding carboxylic acids is 1. The van der Waals surface area contributed by atoms with Gasteiger partial charge in [-0.15, -0.1) is 0 Å². The molecule has 0 heterocycles. The van der Waals surface area contributed by atoms with E-state index in [1.165, 1.54) is 11.8 Å². The molecule has 0 saturated carbocycles. The van der Waals surface area contributed by atoms with Crippen molar-refractivity contribution in [3.8, 4) is 6.19 Å². The Kier molecular flexibility index (Phi) is 4.30. The van der Waals surface area contributed by atoms with E-state index in [1.807, 2.05) is 13.1 Å². The normalized spacial score (nSPS) is 8.50. The molecule has 0 unspecified atom stereocenters. The molecule has 56 valence electrons. The zero-order chi connectivity index (χ0) is 7.98. The second-order valence-electron chi connectivity index (χ2n) is 2.12. The minimum Gasteiger partial charge on any atom is -0.274 e. The highest BCUT2D eigenvalue weighted by molar-refractivity contribution is 5.74. The van der Waals surface area contributed by atoms with Crippen LogP contribution in [0.5, 0.6) is 0 Å². The predicted molar refractivity (Wildman–Crippen MR) is 37.9 cm³/mol. The van der Waals surface area contributed by atoms with Gasteiger partial charge in [-0.3, -0.25) is 4.79 Å². The summed E-state index contributed by atoms with van der Waals surface area (Å²) < 4.78 is 0. The van der Waals surface area contributed by atoms with Crippen molar-refractivity contribution < 1.29 is 4.79 Å². The lowest BCUT2D eigenvalue weighted by atomic mass is 10.3. The third-order valence-corrected chi connectivity index (χ3v) is 1.24. The maximum absolute atomic E-state index is 10.6. The maximum atomic E-state index is 10.6. The lowest BCUT2D eigenvalue weighted by molar-refractivity contribution is -0.125. The molecule has 0 radical (unpaired) electrons. The van der Waals surface area contributed by atoms with Gasteiger partial charge >= 0.3 is 0 Å². The number of nitriles is 1. The van der Waals surface area contributed by atoms with Gasteiger partial charge in [0.05, 0.1) is 0 Å². The van der Waals surface area contributed by atoms with Gasteiger partial charge < -0.3 is 0 Å². The van der Waals surface area contributed by atoms with Crippen molar-refractivity contribution in [2.75, 3.05) is 6.54 Å². The number of hydrogen-bond acceptors (Lipinski definition) is 2. The Bertz CT molecular complexity index is 148. The Morgan fingerprint density at radius 2 is 2.30 bits per heavy atom. The zero-order valence-corrected chi connectivity index (χ0v) is 6.42. The number of carbonyl (C=O) groups is 1. The van der Waals surface area contributed by atoms with E-state index in [0.29, 0.717) is 6.54 Å². The first-order valence-electron chi connectivity index (χ1n) is 3.40. The Hall–Kier alpha value is -1.04. The van der Waals surface area contributed by atoms with E-state index in [4.69, 9.17) is 5.26 Å². The third-order valence-electron chi connectivity index (χ3n) is 1.24. The number of rotatable bonds is 3. The van der Waals surface area contributed by atoms with Crippen molar-refractivity contribution in [2.45, 2.75) is 26.7 Å². The largest absolute Gasteiger partial charge is 0.274 e. The van der Waals surface area contributed by atoms with Crippen LogP contribution in [0.15, 0.2) is 0 Å². The van der Waals surface area contributed by atoms with Crippen LogP contribution >= 0.6 is 0 Å². The van der Waals surface area contributed by atoms with Gasteiger partial charge in [-0.05, 0) is 6.42 Å². The topological polar surface area (TPSA) is 44.1 Å². The standard InChI is InChI=1S/C7H12N2O/c1-3-4-5-9(6-8)7(2)10/h3-5H2,1-2H3. The van der Waals surface area contributed by atoms with Crippen LogP contribution in [0.2, 0.25) is 0 Å². The van der Waals surface area contributed by atoms with Crippen LogP contribution in [0.25, 0.3) is 0 Å². The molecule has 0 bridgehead atoms. The van der Waals surface area contributed by atoms with Crippen LogP contribution in [0.3, 0.4) is 0 Å². The molecule has 0 saturated heterocycles. The first-order chi connectivity index (χ1) is 4.72. The molecule has 0 aromatic heterocycles. The number of unbranched alkanes of at least 4 members (excludes halogenated alkanes) is 1. The SMILES string of the molecule is CCCCN(C#N)C(C)=O. The average molecular weight is 140 g/mol. The molecule has 0 aliphatic rings. The van der Waals surface area contributed by atoms with Gasteiger partial charge in [0.2, 0.25) is 5.91 Å². The van der Waals surface area contributed by atoms with Crippen molar-refractivity contribution >= 4 is 5.91 Å². The van der Waals surface area contributed by atoms with Crippen LogP contribution < -0.4 is 0 Å². The summed E-state index contributed by atoms with van der Waals surface area (Å²) in [7, 11) is 0. The summed E-state index contributed by atoms with van der Waals surface area (Å²) in [6, 6.07) is 0. The minimum absolute atomic E-state index is 0.170. The smallest absolute Gasteiger partial charge is 0.232 e. The van der Waals surface area contributed by atoms with Crippen LogP contribution in [0.1, 0.15) is 26.7 Å². The van der Waals surface area contributed by atoms with E-state index < -0.39 is 0 Å². The fourth-order valence-corrected chi connectivity index (χ4v) is 0.594. The molecular weight excluding hydrogens is 128 g/mol. The van der Waals surface area contributed by atoms with Gasteiger partial charge in [0.15, 0.2) is 6.19 Å². The lowest BCUT2D eigenvalue weighted by Gasteiger charge is -2.08. The fourth-order valence-electron chi connectivity index (χ4n) is 0.594. The first kappa shape index (κ1) is 8.96. The Balaban J connectivity index is 3.64. The maximum Gasteiger partial charge on any atom is 0.232 e. The van der Waals surface area contributed by atoms with Crippen LogP contribution in [0, 0.1) is 11.5 Å². The molecule has 0 rings (SSSR count). The van der Waals surface area contributed by atoms with Crippen molar-refractivity contribution in [3.63, 3.8) is 0 Å². The Morgan fingerprint density at radius 1 is 1.70 bits per heavy atom. The van der Waals surface area contributed by atoms with E-state index >= 15 is 0 Å². The summed E-state index contributed by atoms with van der Waals surface area (Å²) in [5.41, 5.74) is 0. The molecule has 0 aromatic carbocycles. The van der Waals surface area contributed by atoms with E-state index in [2.05, 4.69) is 0 Å². The monoisotopic (exact) mass is 140 g/mol. The zero-order valence-electron chi connectivity index (χ0n) is 6.42. The summed E-state index contributed by atoms with van der Waals surface area (Å²) in [6.07, 6.45) is 3.72. The van der Waals surface area contributed by atoms with Gasteiger partial charge in [-0.1, -0.05) is 13.3 Å². The molecule has 3 nitrogen and oxygen atoms in total. The summed E-state index contributed by atoms with van der Waals surface area (Å²) in [5.74, 6) is -0.170. The molecule has 0 spiro atoms. The molecule has 0 aromatic rings. The Morgan fingerprint density at radius 3 is 2.60 bits per heavy atom.